The summed E-state index contributed by atoms with van der Waals surface area (Å²) in [6.07, 6.45) is -2.95. The van der Waals surface area contributed by atoms with E-state index in [0.717, 1.165) is 4.90 Å². The summed E-state index contributed by atoms with van der Waals surface area (Å²) < 4.78 is -0.221. The van der Waals surface area contributed by atoms with Crippen molar-refractivity contribution in [3.8, 4) is 0 Å². The van der Waals surface area contributed by atoms with Crippen LogP contribution in [-0.2, 0) is 0 Å². The molecule has 0 saturated carbocycles. The van der Waals surface area contributed by atoms with Crippen LogP contribution in [0.4, 0.5) is 0 Å². The summed E-state index contributed by atoms with van der Waals surface area (Å²) in [5.74, 6) is 0.420. The number of thioether (sulfide) groups is 2. The largest absolute Gasteiger partial charge is 0.389 e. The zero-order valence-corrected chi connectivity index (χ0v) is 11.7. The van der Waals surface area contributed by atoms with Gasteiger partial charge in [-0.05, 0) is 12.1 Å². The van der Waals surface area contributed by atoms with Crippen LogP contribution in [0.2, 0.25) is 0 Å². The summed E-state index contributed by atoms with van der Waals surface area (Å²) in [7, 11) is 0. The fourth-order valence-corrected chi connectivity index (χ4v) is 4.38. The molecule has 1 fully saturated rings. The van der Waals surface area contributed by atoms with E-state index in [-0.39, 0.29) is 10.4 Å². The molecule has 1 aliphatic rings. The third kappa shape index (κ3) is 3.43. The van der Waals surface area contributed by atoms with Crippen LogP contribution < -0.4 is 5.73 Å². The number of aliphatic hydroxyl groups excluding tert-OH is 3. The van der Waals surface area contributed by atoms with Gasteiger partial charge in [-0.3, -0.25) is 5.41 Å². The fraction of sp³-hybridized carbons (Fsp3) is 0.417. The number of benzene rings is 1. The Bertz CT molecular complexity index is 455. The van der Waals surface area contributed by atoms with Crippen LogP contribution in [0.25, 0.3) is 0 Å². The van der Waals surface area contributed by atoms with E-state index in [1.165, 1.54) is 23.5 Å². The number of rotatable bonds is 3. The third-order valence-electron chi connectivity index (χ3n) is 2.87. The first-order valence-corrected chi connectivity index (χ1v) is 7.69. The predicted octanol–water partition coefficient (Wildman–Crippen LogP) is 0.218. The lowest BCUT2D eigenvalue weighted by molar-refractivity contribution is -0.0474. The minimum absolute atomic E-state index is 0.0159. The molecule has 104 valence electrons. The molecule has 1 aromatic carbocycles. The molecule has 0 radical (unpaired) electrons. The maximum absolute atomic E-state index is 9.91. The van der Waals surface area contributed by atoms with Gasteiger partial charge in [0.2, 0.25) is 0 Å². The van der Waals surface area contributed by atoms with E-state index in [1.54, 1.807) is 12.1 Å². The molecule has 1 aromatic rings. The highest BCUT2D eigenvalue weighted by Crippen LogP contribution is 2.38. The highest BCUT2D eigenvalue weighted by Gasteiger charge is 2.37. The molecular weight excluding hydrogens is 284 g/mol. The molecule has 0 spiro atoms. The van der Waals surface area contributed by atoms with Gasteiger partial charge in [-0.1, -0.05) is 12.1 Å². The van der Waals surface area contributed by atoms with Gasteiger partial charge in [0, 0.05) is 16.2 Å². The molecule has 0 bridgehead atoms. The Morgan fingerprint density at radius 1 is 1.21 bits per heavy atom. The van der Waals surface area contributed by atoms with Crippen LogP contribution in [-0.4, -0.2) is 49.8 Å². The van der Waals surface area contributed by atoms with Crippen molar-refractivity contribution in [1.29, 1.82) is 5.41 Å². The molecule has 7 heteroatoms. The molecule has 4 atom stereocenters. The SMILES string of the molecule is N=C(N)c1ccc(S[C@@H]2SC[C@@H](O)[C@H](O)[C@H]2O)cc1. The Labute approximate surface area is 119 Å². The second-order valence-electron chi connectivity index (χ2n) is 4.31. The van der Waals surface area contributed by atoms with Crippen molar-refractivity contribution in [3.05, 3.63) is 29.8 Å². The Morgan fingerprint density at radius 2 is 1.84 bits per heavy atom. The number of hydrogen-bond donors (Lipinski definition) is 5. The van der Waals surface area contributed by atoms with Crippen molar-refractivity contribution in [2.45, 2.75) is 27.8 Å². The number of nitrogens with one attached hydrogen (secondary N) is 1. The first-order chi connectivity index (χ1) is 8.99. The molecule has 2 rings (SSSR count). The molecule has 6 N–H and O–H groups in total. The Balaban J connectivity index is 2.03. The van der Waals surface area contributed by atoms with E-state index < -0.39 is 18.3 Å². The van der Waals surface area contributed by atoms with Crippen molar-refractivity contribution in [1.82, 2.24) is 0 Å². The lowest BCUT2D eigenvalue weighted by Gasteiger charge is -2.34. The van der Waals surface area contributed by atoms with Gasteiger partial charge in [-0.15, -0.1) is 23.5 Å². The van der Waals surface area contributed by atoms with Gasteiger partial charge in [0.15, 0.2) is 0 Å². The maximum atomic E-state index is 9.91. The van der Waals surface area contributed by atoms with Crippen molar-refractivity contribution < 1.29 is 15.3 Å². The van der Waals surface area contributed by atoms with Gasteiger partial charge in [0.25, 0.3) is 0 Å². The number of nitrogens with two attached hydrogens (primary N) is 1. The summed E-state index contributed by atoms with van der Waals surface area (Å²) in [6, 6.07) is 7.14. The van der Waals surface area contributed by atoms with Crippen molar-refractivity contribution in [2.24, 2.45) is 5.73 Å². The second-order valence-corrected chi connectivity index (χ2v) is 6.99. The van der Waals surface area contributed by atoms with Crippen LogP contribution >= 0.6 is 23.5 Å². The molecule has 1 heterocycles. The van der Waals surface area contributed by atoms with Crippen LogP contribution in [0.3, 0.4) is 0 Å². The van der Waals surface area contributed by atoms with E-state index >= 15 is 0 Å². The highest BCUT2D eigenvalue weighted by atomic mass is 32.2. The van der Waals surface area contributed by atoms with Gasteiger partial charge in [0.1, 0.15) is 18.0 Å². The highest BCUT2D eigenvalue weighted by molar-refractivity contribution is 8.17. The van der Waals surface area contributed by atoms with E-state index in [9.17, 15) is 15.3 Å². The number of aliphatic hydroxyl groups is 3. The first-order valence-electron chi connectivity index (χ1n) is 5.76. The van der Waals surface area contributed by atoms with Gasteiger partial charge >= 0.3 is 0 Å². The van der Waals surface area contributed by atoms with Crippen molar-refractivity contribution >= 4 is 29.4 Å². The van der Waals surface area contributed by atoms with E-state index in [4.69, 9.17) is 11.1 Å². The normalized spacial score (nSPS) is 31.1. The lowest BCUT2D eigenvalue weighted by atomic mass is 10.1. The first kappa shape index (κ1) is 14.7. The molecule has 1 saturated heterocycles. The number of amidine groups is 1. The minimum atomic E-state index is -1.10. The van der Waals surface area contributed by atoms with Crippen LogP contribution in [0.15, 0.2) is 29.2 Å². The molecular formula is C12H16N2O3S2. The van der Waals surface area contributed by atoms with Crippen LogP contribution in [0.5, 0.6) is 0 Å². The van der Waals surface area contributed by atoms with E-state index in [1.807, 2.05) is 12.1 Å². The smallest absolute Gasteiger partial charge is 0.122 e. The molecule has 0 aliphatic carbocycles. The second kappa shape index (κ2) is 6.15. The molecule has 5 nitrogen and oxygen atoms in total. The maximum Gasteiger partial charge on any atom is 0.122 e. The van der Waals surface area contributed by atoms with Crippen LogP contribution in [0, 0.1) is 5.41 Å². The lowest BCUT2D eigenvalue weighted by Crippen LogP contribution is -2.47. The predicted molar refractivity (Wildman–Crippen MR) is 77.6 cm³/mol. The molecule has 19 heavy (non-hydrogen) atoms. The average Bonchev–Trinajstić information content (AvgIpc) is 2.40. The summed E-state index contributed by atoms with van der Waals surface area (Å²) >= 11 is 2.85. The average molecular weight is 300 g/mol. The summed E-state index contributed by atoms with van der Waals surface area (Å²) in [5, 5.41) is 36.3. The van der Waals surface area contributed by atoms with Gasteiger partial charge < -0.3 is 21.1 Å². The Hall–Kier alpha value is -0.730. The zero-order chi connectivity index (χ0) is 14.0. The van der Waals surface area contributed by atoms with Gasteiger partial charge in [-0.2, -0.15) is 0 Å². The quantitative estimate of drug-likeness (QED) is 0.403. The van der Waals surface area contributed by atoms with Crippen molar-refractivity contribution in [3.63, 3.8) is 0 Å². The standard InChI is InChI=1S/C12H16N2O3S2/c13-11(14)6-1-3-7(4-2-6)19-12-10(17)9(16)8(15)5-18-12/h1-4,8-10,12,15-17H,5H2,(H3,13,14)/t8-,9+,10-,12+/m1/s1. The molecule has 0 amide bonds. The van der Waals surface area contributed by atoms with Gasteiger partial charge in [-0.25, -0.2) is 0 Å². The van der Waals surface area contributed by atoms with E-state index in [0.29, 0.717) is 11.3 Å². The molecule has 0 aromatic heterocycles. The summed E-state index contributed by atoms with van der Waals surface area (Å²) in [5.41, 5.74) is 6.02. The van der Waals surface area contributed by atoms with E-state index in [2.05, 4.69) is 0 Å². The third-order valence-corrected chi connectivity index (χ3v) is 5.77. The monoisotopic (exact) mass is 300 g/mol. The van der Waals surface area contributed by atoms with Crippen LogP contribution in [0.1, 0.15) is 5.56 Å². The fourth-order valence-electron chi connectivity index (χ4n) is 1.73. The summed E-state index contributed by atoms with van der Waals surface area (Å²) in [6.45, 7) is 0. The number of nitrogen functional groups attached to an aromatic ring is 1. The van der Waals surface area contributed by atoms with Gasteiger partial charge in [0.05, 0.1) is 10.7 Å². The molecule has 0 unspecified atom stereocenters. The topological polar surface area (TPSA) is 111 Å². The number of hydrogen-bond acceptors (Lipinski definition) is 6. The summed E-state index contributed by atoms with van der Waals surface area (Å²) in [4.78, 5) is 0.921. The Morgan fingerprint density at radius 3 is 2.42 bits per heavy atom. The minimum Gasteiger partial charge on any atom is -0.389 e. The zero-order valence-electron chi connectivity index (χ0n) is 10.1. The molecule has 1 aliphatic heterocycles. The Kier molecular flexibility index (Phi) is 4.75. The van der Waals surface area contributed by atoms with Crippen molar-refractivity contribution in [2.75, 3.05) is 5.75 Å².